The second-order valence-corrected chi connectivity index (χ2v) is 9.69. The first-order chi connectivity index (χ1) is 17.5. The lowest BCUT2D eigenvalue weighted by atomic mass is 9.86. The number of pyridine rings is 1. The van der Waals surface area contributed by atoms with Crippen LogP contribution in [0, 0.1) is 18.8 Å². The van der Waals surface area contributed by atoms with Crippen LogP contribution in [0.25, 0.3) is 22.6 Å². The van der Waals surface area contributed by atoms with E-state index in [0.717, 1.165) is 66.6 Å². The SMILES string of the molecule is CO[C@H]1CC[C@H](C(=O)Nc2ccc(C)c(-c3ccnc(-c4ccnc(NC(=O)C5CC5)c4)n3)c2)CC1. The molecule has 2 saturated carbocycles. The molecule has 0 aliphatic heterocycles. The normalized spacial score (nSPS) is 19.5. The van der Waals surface area contributed by atoms with Gasteiger partial charge in [0, 0.05) is 48.2 Å². The van der Waals surface area contributed by atoms with Gasteiger partial charge < -0.3 is 15.4 Å². The Bertz CT molecular complexity index is 1270. The van der Waals surface area contributed by atoms with E-state index in [-0.39, 0.29) is 29.8 Å². The van der Waals surface area contributed by atoms with E-state index in [2.05, 4.69) is 20.6 Å². The maximum atomic E-state index is 12.9. The Morgan fingerprint density at radius 1 is 0.861 bits per heavy atom. The zero-order valence-electron chi connectivity index (χ0n) is 20.7. The van der Waals surface area contributed by atoms with Crippen LogP contribution in [0.15, 0.2) is 48.8 Å². The van der Waals surface area contributed by atoms with Gasteiger partial charge in [0.1, 0.15) is 5.82 Å². The molecule has 2 aliphatic rings. The Morgan fingerprint density at radius 3 is 2.28 bits per heavy atom. The maximum Gasteiger partial charge on any atom is 0.228 e. The largest absolute Gasteiger partial charge is 0.381 e. The molecule has 2 aliphatic carbocycles. The summed E-state index contributed by atoms with van der Waals surface area (Å²) >= 11 is 0. The van der Waals surface area contributed by atoms with Crippen molar-refractivity contribution < 1.29 is 14.3 Å². The number of amides is 2. The molecule has 0 bridgehead atoms. The quantitative estimate of drug-likeness (QED) is 0.487. The minimum atomic E-state index is 0.00750. The number of rotatable bonds is 7. The summed E-state index contributed by atoms with van der Waals surface area (Å²) in [6.45, 7) is 2.02. The van der Waals surface area contributed by atoms with Gasteiger partial charge in [-0.1, -0.05) is 6.07 Å². The third kappa shape index (κ3) is 5.60. The molecule has 3 aromatic rings. The molecule has 36 heavy (non-hydrogen) atoms. The van der Waals surface area contributed by atoms with E-state index < -0.39 is 0 Å². The lowest BCUT2D eigenvalue weighted by Gasteiger charge is -2.26. The van der Waals surface area contributed by atoms with Gasteiger partial charge in [0.05, 0.1) is 11.8 Å². The third-order valence-corrected chi connectivity index (χ3v) is 7.03. The van der Waals surface area contributed by atoms with E-state index in [0.29, 0.717) is 11.6 Å². The molecule has 8 nitrogen and oxygen atoms in total. The standard InChI is InChI=1S/C28H31N5O3/c1-17-3-8-21(31-27(34)19-6-9-22(36-2)10-7-19)16-23(17)24-12-14-30-26(32-24)20-11-13-29-25(15-20)33-28(35)18-4-5-18/h3,8,11-16,18-19,22H,4-7,9-10H2,1-2H3,(H,31,34)(H,29,33,35)/t19-,22-. The van der Waals surface area contributed by atoms with Crippen LogP contribution in [0.4, 0.5) is 11.5 Å². The molecule has 0 spiro atoms. The van der Waals surface area contributed by atoms with E-state index in [9.17, 15) is 9.59 Å². The fraction of sp³-hybridized carbons (Fsp3) is 0.393. The first-order valence-electron chi connectivity index (χ1n) is 12.5. The summed E-state index contributed by atoms with van der Waals surface area (Å²) < 4.78 is 5.43. The van der Waals surface area contributed by atoms with Crippen molar-refractivity contribution in [1.29, 1.82) is 0 Å². The number of nitrogens with one attached hydrogen (secondary N) is 2. The molecule has 2 fully saturated rings. The van der Waals surface area contributed by atoms with Crippen molar-refractivity contribution in [3.05, 3.63) is 54.4 Å². The topological polar surface area (TPSA) is 106 Å². The number of aromatic nitrogens is 3. The number of benzene rings is 1. The number of hydrogen-bond donors (Lipinski definition) is 2. The van der Waals surface area contributed by atoms with Crippen LogP contribution in [-0.4, -0.2) is 40.0 Å². The van der Waals surface area contributed by atoms with E-state index in [1.807, 2.05) is 37.3 Å². The first kappa shape index (κ1) is 24.1. The molecule has 186 valence electrons. The number of methoxy groups -OCH3 is 1. The van der Waals surface area contributed by atoms with E-state index >= 15 is 0 Å². The van der Waals surface area contributed by atoms with Crippen LogP contribution in [-0.2, 0) is 14.3 Å². The predicted octanol–water partition coefficient (Wildman–Crippen LogP) is 5.01. The van der Waals surface area contributed by atoms with Gasteiger partial charge >= 0.3 is 0 Å². The van der Waals surface area contributed by atoms with Crippen molar-refractivity contribution in [1.82, 2.24) is 15.0 Å². The molecule has 8 heteroatoms. The summed E-state index contributed by atoms with van der Waals surface area (Å²) in [6.07, 6.45) is 9.01. The van der Waals surface area contributed by atoms with Crippen LogP contribution in [0.3, 0.4) is 0 Å². The number of nitrogens with zero attached hydrogens (tertiary/aromatic N) is 3. The van der Waals surface area contributed by atoms with Gasteiger partial charge in [0.25, 0.3) is 0 Å². The zero-order chi connectivity index (χ0) is 25.1. The van der Waals surface area contributed by atoms with Crippen molar-refractivity contribution in [3.8, 4) is 22.6 Å². The highest BCUT2D eigenvalue weighted by atomic mass is 16.5. The maximum absolute atomic E-state index is 12.9. The van der Waals surface area contributed by atoms with Crippen LogP contribution in [0.1, 0.15) is 44.1 Å². The third-order valence-electron chi connectivity index (χ3n) is 7.03. The molecule has 2 heterocycles. The minimum Gasteiger partial charge on any atom is -0.381 e. The Morgan fingerprint density at radius 2 is 1.56 bits per heavy atom. The van der Waals surface area contributed by atoms with Gasteiger partial charge in [0.15, 0.2) is 5.82 Å². The highest BCUT2D eigenvalue weighted by Gasteiger charge is 2.30. The van der Waals surface area contributed by atoms with Crippen LogP contribution >= 0.6 is 0 Å². The molecule has 2 amide bonds. The second-order valence-electron chi connectivity index (χ2n) is 9.69. The number of carbonyl (C=O) groups is 2. The summed E-state index contributed by atoms with van der Waals surface area (Å²) in [7, 11) is 1.73. The Kier molecular flexibility index (Phi) is 7.04. The molecule has 1 aromatic carbocycles. The van der Waals surface area contributed by atoms with Gasteiger partial charge in [0.2, 0.25) is 11.8 Å². The fourth-order valence-electron chi connectivity index (χ4n) is 4.64. The Balaban J connectivity index is 1.33. The molecule has 2 N–H and O–H groups in total. The zero-order valence-corrected chi connectivity index (χ0v) is 20.7. The van der Waals surface area contributed by atoms with Crippen molar-refractivity contribution in [2.24, 2.45) is 11.8 Å². The molecule has 2 aromatic heterocycles. The number of ether oxygens (including phenoxy) is 1. The number of aryl methyl sites for hydroxylation is 1. The molecule has 0 atom stereocenters. The van der Waals surface area contributed by atoms with Gasteiger partial charge in [-0.2, -0.15) is 0 Å². The molecule has 0 saturated heterocycles. The minimum absolute atomic E-state index is 0.00750. The first-order valence-corrected chi connectivity index (χ1v) is 12.5. The van der Waals surface area contributed by atoms with Crippen LogP contribution in [0.2, 0.25) is 0 Å². The number of hydrogen-bond acceptors (Lipinski definition) is 6. The lowest BCUT2D eigenvalue weighted by molar-refractivity contribution is -0.121. The van der Waals surface area contributed by atoms with Gasteiger partial charge in [-0.15, -0.1) is 0 Å². The molecular weight excluding hydrogens is 454 g/mol. The Labute approximate surface area is 210 Å². The van der Waals surface area contributed by atoms with Gasteiger partial charge in [-0.3, -0.25) is 9.59 Å². The summed E-state index contributed by atoms with van der Waals surface area (Å²) in [6, 6.07) is 11.4. The van der Waals surface area contributed by atoms with Crippen molar-refractivity contribution in [3.63, 3.8) is 0 Å². The van der Waals surface area contributed by atoms with Gasteiger partial charge in [-0.25, -0.2) is 15.0 Å². The van der Waals surface area contributed by atoms with E-state index in [4.69, 9.17) is 9.72 Å². The van der Waals surface area contributed by atoms with Crippen molar-refractivity contribution >= 4 is 23.3 Å². The lowest BCUT2D eigenvalue weighted by Crippen LogP contribution is -2.29. The van der Waals surface area contributed by atoms with Gasteiger partial charge in [-0.05, 0) is 81.3 Å². The smallest absolute Gasteiger partial charge is 0.228 e. The summed E-state index contributed by atoms with van der Waals surface area (Å²) in [5.74, 6) is 1.22. The highest BCUT2D eigenvalue weighted by molar-refractivity contribution is 5.94. The van der Waals surface area contributed by atoms with Crippen LogP contribution in [0.5, 0.6) is 0 Å². The number of carbonyl (C=O) groups excluding carboxylic acids is 2. The number of anilines is 2. The van der Waals surface area contributed by atoms with E-state index in [1.165, 1.54) is 0 Å². The average molecular weight is 486 g/mol. The highest BCUT2D eigenvalue weighted by Crippen LogP contribution is 2.31. The van der Waals surface area contributed by atoms with Crippen molar-refractivity contribution in [2.75, 3.05) is 17.7 Å². The van der Waals surface area contributed by atoms with E-state index in [1.54, 1.807) is 25.6 Å². The molecule has 0 unspecified atom stereocenters. The average Bonchev–Trinajstić information content (AvgIpc) is 3.76. The summed E-state index contributed by atoms with van der Waals surface area (Å²) in [5.41, 5.74) is 4.26. The monoisotopic (exact) mass is 485 g/mol. The summed E-state index contributed by atoms with van der Waals surface area (Å²) in [4.78, 5) is 38.5. The molecule has 0 radical (unpaired) electrons. The second kappa shape index (κ2) is 10.5. The fourth-order valence-corrected chi connectivity index (χ4v) is 4.64. The molecular formula is C28H31N5O3. The summed E-state index contributed by atoms with van der Waals surface area (Å²) in [5, 5.41) is 5.97. The van der Waals surface area contributed by atoms with Crippen molar-refractivity contribution in [2.45, 2.75) is 51.6 Å². The molecule has 5 rings (SSSR count). The Hall–Kier alpha value is -3.65. The predicted molar refractivity (Wildman–Crippen MR) is 138 cm³/mol. The van der Waals surface area contributed by atoms with Crippen LogP contribution < -0.4 is 10.6 Å².